The molecule has 1 fully saturated rings. The van der Waals surface area contributed by atoms with Gasteiger partial charge in [-0.3, -0.25) is 9.59 Å². The van der Waals surface area contributed by atoms with E-state index in [4.69, 9.17) is 4.74 Å². The molecule has 0 saturated heterocycles. The summed E-state index contributed by atoms with van der Waals surface area (Å²) in [6, 6.07) is 16.6. The number of para-hydroxylation sites is 1. The lowest BCUT2D eigenvalue weighted by atomic mass is 9.87. The Hall–Kier alpha value is -2.43. The second kappa shape index (κ2) is 12.7. The Morgan fingerprint density at radius 1 is 1.06 bits per heavy atom. The summed E-state index contributed by atoms with van der Waals surface area (Å²) in [7, 11) is 0. The van der Waals surface area contributed by atoms with E-state index in [1.165, 1.54) is 0 Å². The van der Waals surface area contributed by atoms with Gasteiger partial charge in [0.05, 0.1) is 16.2 Å². The molecule has 36 heavy (non-hydrogen) atoms. The van der Waals surface area contributed by atoms with Crippen LogP contribution in [0.5, 0.6) is 5.75 Å². The number of hydrogen-bond donors (Lipinski definition) is 3. The monoisotopic (exact) mass is 604 g/mol. The number of rotatable bonds is 9. The molecule has 3 unspecified atom stereocenters. The molecule has 7 nitrogen and oxygen atoms in total. The van der Waals surface area contributed by atoms with Gasteiger partial charge in [-0.25, -0.2) is 0 Å². The quantitative estimate of drug-likeness (QED) is 0.382. The van der Waals surface area contributed by atoms with Crippen molar-refractivity contribution in [3.05, 3.63) is 75.4 Å². The van der Waals surface area contributed by atoms with Crippen LogP contribution in [0, 0.1) is 9.49 Å². The fraction of sp³-hybridized carbons (Fsp3) is 0.429. The molecule has 0 aromatic heterocycles. The highest BCUT2D eigenvalue weighted by atomic mass is 127. The molecule has 0 radical (unpaired) electrons. The molecular weight excluding hydrogens is 571 g/mol. The topological polar surface area (TPSA) is 99.1 Å². The van der Waals surface area contributed by atoms with Gasteiger partial charge in [0, 0.05) is 31.0 Å². The van der Waals surface area contributed by atoms with Gasteiger partial charge in [0.1, 0.15) is 18.0 Å². The van der Waals surface area contributed by atoms with Gasteiger partial charge in [0.25, 0.3) is 0 Å². The average Bonchev–Trinajstić information content (AvgIpc) is 3.44. The van der Waals surface area contributed by atoms with Gasteiger partial charge < -0.3 is 25.2 Å². The number of amides is 2. The molecule has 3 N–H and O–H groups in total. The fourth-order valence-electron chi connectivity index (χ4n) is 5.01. The molecule has 3 atom stereocenters. The number of carbonyl (C=O) groups is 2. The summed E-state index contributed by atoms with van der Waals surface area (Å²) in [5.74, 6) is 0.217. The van der Waals surface area contributed by atoms with Crippen molar-refractivity contribution in [2.75, 3.05) is 13.2 Å². The number of ether oxygens (including phenoxy) is 1. The zero-order valence-corrected chi connectivity index (χ0v) is 22.3. The Morgan fingerprint density at radius 2 is 1.75 bits per heavy atom. The molecule has 192 valence electrons. The molecular formula is C28H33IN2O5. The predicted octanol–water partition coefficient (Wildman–Crippen LogP) is 3.43. The summed E-state index contributed by atoms with van der Waals surface area (Å²) < 4.78 is 7.10. The number of aliphatic hydroxyl groups excluding tert-OH is 2. The molecule has 2 aliphatic carbocycles. The van der Waals surface area contributed by atoms with Crippen LogP contribution in [-0.4, -0.2) is 58.3 Å². The number of benzene rings is 2. The molecule has 8 heteroatoms. The van der Waals surface area contributed by atoms with Crippen molar-refractivity contribution in [1.29, 1.82) is 0 Å². The summed E-state index contributed by atoms with van der Waals surface area (Å²) in [6.45, 7) is 0.298. The van der Waals surface area contributed by atoms with E-state index in [2.05, 4.69) is 27.9 Å². The molecule has 2 amide bonds. The van der Waals surface area contributed by atoms with E-state index >= 15 is 0 Å². The summed E-state index contributed by atoms with van der Waals surface area (Å²) in [6.07, 6.45) is 3.75. The van der Waals surface area contributed by atoms with Crippen LogP contribution in [0.25, 0.3) is 0 Å². The van der Waals surface area contributed by atoms with Gasteiger partial charge in [0.2, 0.25) is 11.8 Å². The van der Waals surface area contributed by atoms with E-state index in [1.54, 1.807) is 11.0 Å². The number of nitrogens with one attached hydrogen (secondary N) is 1. The van der Waals surface area contributed by atoms with Crippen LogP contribution >= 0.6 is 22.6 Å². The number of nitrogens with zero attached hydrogens (tertiary/aromatic N) is 1. The van der Waals surface area contributed by atoms with Gasteiger partial charge in [-0.2, -0.15) is 0 Å². The lowest BCUT2D eigenvalue weighted by Crippen LogP contribution is -2.55. The summed E-state index contributed by atoms with van der Waals surface area (Å²) in [5, 5.41) is 23.4. The van der Waals surface area contributed by atoms with Crippen molar-refractivity contribution < 1.29 is 24.5 Å². The standard InChI is InChI=1S/C28H33IN2O5/c29-22-12-6-7-13-24(22)36-25-17-21(27(34)30-14-15-32)16-23(26(25)33)31(18-19-8-2-1-3-9-19)28(35)20-10-4-5-11-20/h1-3,6-9,12-13,17,20,23,25-26,32-33H,4-5,10-11,14-16,18H2,(H,30,34). The summed E-state index contributed by atoms with van der Waals surface area (Å²) >= 11 is 2.17. The molecule has 0 bridgehead atoms. The number of hydrogen-bond acceptors (Lipinski definition) is 5. The Labute approximate surface area is 225 Å². The fourth-order valence-corrected chi connectivity index (χ4v) is 5.53. The molecule has 2 aromatic carbocycles. The molecule has 2 aromatic rings. The zero-order valence-electron chi connectivity index (χ0n) is 20.2. The van der Waals surface area contributed by atoms with E-state index in [1.807, 2.05) is 54.6 Å². The highest BCUT2D eigenvalue weighted by Gasteiger charge is 2.42. The maximum Gasteiger partial charge on any atom is 0.247 e. The Bertz CT molecular complexity index is 1070. The van der Waals surface area contributed by atoms with Crippen molar-refractivity contribution in [2.45, 2.75) is 56.9 Å². The Balaban J connectivity index is 1.67. The van der Waals surface area contributed by atoms with Crippen LogP contribution < -0.4 is 10.1 Å². The van der Waals surface area contributed by atoms with E-state index < -0.39 is 18.2 Å². The smallest absolute Gasteiger partial charge is 0.247 e. The largest absolute Gasteiger partial charge is 0.482 e. The minimum absolute atomic E-state index is 0.0189. The highest BCUT2D eigenvalue weighted by Crippen LogP contribution is 2.33. The molecule has 1 saturated carbocycles. The first-order valence-electron chi connectivity index (χ1n) is 12.5. The van der Waals surface area contributed by atoms with Gasteiger partial charge in [-0.15, -0.1) is 0 Å². The van der Waals surface area contributed by atoms with Crippen molar-refractivity contribution in [3.8, 4) is 5.75 Å². The number of carbonyl (C=O) groups excluding carboxylic acids is 2. The van der Waals surface area contributed by atoms with Crippen molar-refractivity contribution in [3.63, 3.8) is 0 Å². The van der Waals surface area contributed by atoms with E-state index in [0.717, 1.165) is 34.8 Å². The van der Waals surface area contributed by atoms with E-state index in [-0.39, 0.29) is 37.3 Å². The first kappa shape index (κ1) is 26.6. The first-order chi connectivity index (χ1) is 17.5. The van der Waals surface area contributed by atoms with Crippen molar-refractivity contribution >= 4 is 34.4 Å². The van der Waals surface area contributed by atoms with Crippen molar-refractivity contribution in [1.82, 2.24) is 10.2 Å². The normalized spacial score (nSPS) is 22.1. The maximum absolute atomic E-state index is 13.8. The Kier molecular flexibility index (Phi) is 9.39. The van der Waals surface area contributed by atoms with Crippen LogP contribution in [0.3, 0.4) is 0 Å². The maximum atomic E-state index is 13.8. The van der Waals surface area contributed by atoms with E-state index in [0.29, 0.717) is 17.9 Å². The molecule has 0 heterocycles. The highest BCUT2D eigenvalue weighted by molar-refractivity contribution is 14.1. The average molecular weight is 604 g/mol. The molecule has 4 rings (SSSR count). The van der Waals surface area contributed by atoms with Gasteiger partial charge in [0.15, 0.2) is 0 Å². The third-order valence-electron chi connectivity index (χ3n) is 6.90. The van der Waals surface area contributed by atoms with Crippen LogP contribution in [0.4, 0.5) is 0 Å². The minimum atomic E-state index is -1.02. The summed E-state index contributed by atoms with van der Waals surface area (Å²) in [4.78, 5) is 28.5. The Morgan fingerprint density at radius 3 is 2.44 bits per heavy atom. The van der Waals surface area contributed by atoms with E-state index in [9.17, 15) is 19.8 Å². The van der Waals surface area contributed by atoms with Crippen LogP contribution in [0.1, 0.15) is 37.7 Å². The minimum Gasteiger partial charge on any atom is -0.482 e. The van der Waals surface area contributed by atoms with Gasteiger partial charge >= 0.3 is 0 Å². The zero-order chi connectivity index (χ0) is 25.5. The molecule has 2 aliphatic rings. The number of aliphatic hydroxyl groups is 2. The third kappa shape index (κ3) is 6.46. The predicted molar refractivity (Wildman–Crippen MR) is 145 cm³/mol. The van der Waals surface area contributed by atoms with Crippen LogP contribution in [-0.2, 0) is 16.1 Å². The van der Waals surface area contributed by atoms with Crippen LogP contribution in [0.15, 0.2) is 66.2 Å². The van der Waals surface area contributed by atoms with Crippen LogP contribution in [0.2, 0.25) is 0 Å². The van der Waals surface area contributed by atoms with Gasteiger partial charge in [-0.05, 0) is 59.2 Å². The lowest BCUT2D eigenvalue weighted by molar-refractivity contribution is -0.143. The lowest BCUT2D eigenvalue weighted by Gasteiger charge is -2.41. The third-order valence-corrected chi connectivity index (χ3v) is 7.79. The second-order valence-electron chi connectivity index (χ2n) is 9.38. The SMILES string of the molecule is O=C(NCCO)C1=CC(Oc2ccccc2I)C(O)C(N(Cc2ccccc2)C(=O)C2CCCC2)C1. The summed E-state index contributed by atoms with van der Waals surface area (Å²) in [5.41, 5.74) is 1.40. The van der Waals surface area contributed by atoms with Crippen molar-refractivity contribution in [2.24, 2.45) is 5.92 Å². The second-order valence-corrected chi connectivity index (χ2v) is 10.5. The molecule has 0 spiro atoms. The van der Waals surface area contributed by atoms with Gasteiger partial charge in [-0.1, -0.05) is 55.3 Å². The first-order valence-corrected chi connectivity index (χ1v) is 13.6. The number of halogens is 1. The molecule has 0 aliphatic heterocycles.